The molecule has 2 aromatic heterocycles. The van der Waals surface area contributed by atoms with Crippen LogP contribution in [0.5, 0.6) is 0 Å². The van der Waals surface area contributed by atoms with E-state index in [1.165, 1.54) is 11.3 Å². The van der Waals surface area contributed by atoms with Gasteiger partial charge >= 0.3 is 0 Å². The highest BCUT2D eigenvalue weighted by Crippen LogP contribution is 2.19. The normalized spacial score (nSPS) is 11.6. The minimum absolute atomic E-state index is 0.0160. The van der Waals surface area contributed by atoms with E-state index >= 15 is 0 Å². The van der Waals surface area contributed by atoms with Crippen LogP contribution in [-0.4, -0.2) is 15.4 Å². The van der Waals surface area contributed by atoms with E-state index in [-0.39, 0.29) is 5.56 Å². The Hall–Kier alpha value is -1.13. The van der Waals surface area contributed by atoms with Crippen LogP contribution in [-0.2, 0) is 6.54 Å². The fourth-order valence-electron chi connectivity index (χ4n) is 1.44. The molecule has 5 heteroatoms. The van der Waals surface area contributed by atoms with Crippen molar-refractivity contribution in [3.05, 3.63) is 39.8 Å². The van der Waals surface area contributed by atoms with Crippen molar-refractivity contribution in [3.63, 3.8) is 0 Å². The molecule has 2 aromatic rings. The van der Waals surface area contributed by atoms with Gasteiger partial charge in [0.1, 0.15) is 4.70 Å². The van der Waals surface area contributed by atoms with Crippen molar-refractivity contribution in [2.45, 2.75) is 13.5 Å². The summed E-state index contributed by atoms with van der Waals surface area (Å²) in [5.74, 6) is 0.461. The van der Waals surface area contributed by atoms with Gasteiger partial charge in [-0.1, -0.05) is 12.2 Å². The number of hydrogen-bond donors (Lipinski definition) is 0. The van der Waals surface area contributed by atoms with Crippen LogP contribution in [0.2, 0.25) is 0 Å². The average molecular weight is 255 g/mol. The molecular weight excluding hydrogens is 244 g/mol. The molecule has 0 atom stereocenters. The monoisotopic (exact) mass is 254 g/mol. The molecule has 0 aliphatic carbocycles. The summed E-state index contributed by atoms with van der Waals surface area (Å²) in [6.45, 7) is 2.48. The lowest BCUT2D eigenvalue weighted by atomic mass is 10.3. The maximum Gasteiger partial charge on any atom is 0.271 e. The lowest BCUT2D eigenvalue weighted by molar-refractivity contribution is 0.767. The molecule has 0 bridgehead atoms. The number of aromatic nitrogens is 2. The van der Waals surface area contributed by atoms with E-state index in [1.54, 1.807) is 10.9 Å². The SMILES string of the molecule is Cc1csc2c(=O)n(C/C=C/CCl)cnc12. The second-order valence-corrected chi connectivity index (χ2v) is 4.61. The molecular formula is C11H11ClN2OS. The summed E-state index contributed by atoms with van der Waals surface area (Å²) in [4.78, 5) is 16.3. The zero-order valence-corrected chi connectivity index (χ0v) is 10.4. The average Bonchev–Trinajstić information content (AvgIpc) is 2.65. The van der Waals surface area contributed by atoms with Crippen molar-refractivity contribution in [1.82, 2.24) is 9.55 Å². The van der Waals surface area contributed by atoms with E-state index < -0.39 is 0 Å². The molecule has 0 saturated heterocycles. The minimum atomic E-state index is 0.0160. The van der Waals surface area contributed by atoms with Gasteiger partial charge in [-0.05, 0) is 17.9 Å². The van der Waals surface area contributed by atoms with Gasteiger partial charge in [-0.3, -0.25) is 9.36 Å². The standard InChI is InChI=1S/C11H11ClN2OS/c1-8-6-16-10-9(8)13-7-14(11(10)15)5-3-2-4-12/h2-3,6-7H,4-5H2,1H3/b3-2+. The Morgan fingerprint density at radius 2 is 2.38 bits per heavy atom. The van der Waals surface area contributed by atoms with Gasteiger partial charge in [0, 0.05) is 12.4 Å². The minimum Gasteiger partial charge on any atom is -0.294 e. The van der Waals surface area contributed by atoms with Gasteiger partial charge in [-0.25, -0.2) is 4.98 Å². The summed E-state index contributed by atoms with van der Waals surface area (Å²) in [6.07, 6.45) is 5.27. The van der Waals surface area contributed by atoms with Crippen LogP contribution in [0.15, 0.2) is 28.7 Å². The number of fused-ring (bicyclic) bond motifs is 1. The van der Waals surface area contributed by atoms with E-state index in [1.807, 2.05) is 24.5 Å². The fraction of sp³-hybridized carbons (Fsp3) is 0.273. The predicted molar refractivity (Wildman–Crippen MR) is 68.5 cm³/mol. The predicted octanol–water partition coefficient (Wildman–Crippen LogP) is 2.56. The summed E-state index contributed by atoms with van der Waals surface area (Å²) in [5.41, 5.74) is 1.88. The second kappa shape index (κ2) is 4.80. The van der Waals surface area contributed by atoms with E-state index in [0.717, 1.165) is 15.8 Å². The molecule has 0 saturated carbocycles. The zero-order valence-electron chi connectivity index (χ0n) is 8.81. The topological polar surface area (TPSA) is 34.9 Å². The van der Waals surface area contributed by atoms with Crippen LogP contribution in [0.3, 0.4) is 0 Å². The zero-order chi connectivity index (χ0) is 11.5. The Morgan fingerprint density at radius 3 is 3.12 bits per heavy atom. The number of nitrogens with zero attached hydrogens (tertiary/aromatic N) is 2. The van der Waals surface area contributed by atoms with Crippen molar-refractivity contribution in [3.8, 4) is 0 Å². The fourth-order valence-corrected chi connectivity index (χ4v) is 2.52. The van der Waals surface area contributed by atoms with Crippen LogP contribution in [0, 0.1) is 6.92 Å². The molecule has 0 fully saturated rings. The van der Waals surface area contributed by atoms with E-state index in [2.05, 4.69) is 4.98 Å². The van der Waals surface area contributed by atoms with Gasteiger partial charge in [0.05, 0.1) is 11.8 Å². The number of thiophene rings is 1. The summed E-state index contributed by atoms with van der Waals surface area (Å²) in [5, 5.41) is 1.96. The maximum atomic E-state index is 12.0. The quantitative estimate of drug-likeness (QED) is 0.623. The Morgan fingerprint density at radius 1 is 1.56 bits per heavy atom. The summed E-state index contributed by atoms with van der Waals surface area (Å²) < 4.78 is 2.31. The highest BCUT2D eigenvalue weighted by molar-refractivity contribution is 7.17. The first-order valence-electron chi connectivity index (χ1n) is 4.88. The van der Waals surface area contributed by atoms with Gasteiger partial charge in [0.25, 0.3) is 5.56 Å². The first kappa shape index (κ1) is 11.4. The van der Waals surface area contributed by atoms with Crippen LogP contribution in [0.4, 0.5) is 0 Å². The third kappa shape index (κ3) is 2.03. The molecule has 84 valence electrons. The number of allylic oxidation sites excluding steroid dienone is 2. The van der Waals surface area contributed by atoms with E-state index in [4.69, 9.17) is 11.6 Å². The number of aryl methyl sites for hydroxylation is 1. The van der Waals surface area contributed by atoms with Crippen LogP contribution in [0.25, 0.3) is 10.2 Å². The van der Waals surface area contributed by atoms with Gasteiger partial charge in [-0.15, -0.1) is 22.9 Å². The van der Waals surface area contributed by atoms with Crippen LogP contribution >= 0.6 is 22.9 Å². The summed E-state index contributed by atoms with van der Waals surface area (Å²) in [6, 6.07) is 0. The number of halogens is 1. The molecule has 3 nitrogen and oxygen atoms in total. The molecule has 0 aromatic carbocycles. The largest absolute Gasteiger partial charge is 0.294 e. The molecule has 0 spiro atoms. The van der Waals surface area contributed by atoms with Gasteiger partial charge in [0.15, 0.2) is 0 Å². The van der Waals surface area contributed by atoms with Gasteiger partial charge < -0.3 is 0 Å². The molecule has 2 rings (SSSR count). The first-order valence-corrected chi connectivity index (χ1v) is 6.29. The van der Waals surface area contributed by atoms with Crippen molar-refractivity contribution in [1.29, 1.82) is 0 Å². The molecule has 2 heterocycles. The molecule has 0 radical (unpaired) electrons. The van der Waals surface area contributed by atoms with E-state index in [0.29, 0.717) is 12.4 Å². The summed E-state index contributed by atoms with van der Waals surface area (Å²) in [7, 11) is 0. The van der Waals surface area contributed by atoms with Crippen molar-refractivity contribution < 1.29 is 0 Å². The molecule has 0 unspecified atom stereocenters. The molecule has 0 amide bonds. The number of alkyl halides is 1. The maximum absolute atomic E-state index is 12.0. The summed E-state index contributed by atoms with van der Waals surface area (Å²) >= 11 is 6.97. The third-order valence-corrected chi connectivity index (χ3v) is 3.53. The lowest BCUT2D eigenvalue weighted by Gasteiger charge is -2.00. The highest BCUT2D eigenvalue weighted by Gasteiger charge is 2.06. The van der Waals surface area contributed by atoms with Crippen LogP contribution in [0.1, 0.15) is 5.56 Å². The van der Waals surface area contributed by atoms with Crippen molar-refractivity contribution in [2.24, 2.45) is 0 Å². The first-order chi connectivity index (χ1) is 7.74. The van der Waals surface area contributed by atoms with Crippen molar-refractivity contribution >= 4 is 33.2 Å². The van der Waals surface area contributed by atoms with Gasteiger partial charge in [-0.2, -0.15) is 0 Å². The Labute approximate surface area is 102 Å². The van der Waals surface area contributed by atoms with Gasteiger partial charge in [0.2, 0.25) is 0 Å². The Bertz CT molecular complexity index is 585. The molecule has 16 heavy (non-hydrogen) atoms. The van der Waals surface area contributed by atoms with Crippen molar-refractivity contribution in [2.75, 3.05) is 5.88 Å². The Balaban J connectivity index is 2.45. The third-order valence-electron chi connectivity index (χ3n) is 2.28. The van der Waals surface area contributed by atoms with Crippen LogP contribution < -0.4 is 5.56 Å². The number of hydrogen-bond acceptors (Lipinski definition) is 3. The highest BCUT2D eigenvalue weighted by atomic mass is 35.5. The lowest BCUT2D eigenvalue weighted by Crippen LogP contribution is -2.18. The molecule has 0 N–H and O–H groups in total. The molecule has 0 aliphatic rings. The Kier molecular flexibility index (Phi) is 3.41. The smallest absolute Gasteiger partial charge is 0.271 e. The molecule has 0 aliphatic heterocycles. The second-order valence-electron chi connectivity index (χ2n) is 3.42. The van der Waals surface area contributed by atoms with E-state index in [9.17, 15) is 4.79 Å². The number of rotatable bonds is 3.